The van der Waals surface area contributed by atoms with Crippen molar-refractivity contribution in [3.63, 3.8) is 0 Å². The average Bonchev–Trinajstić information content (AvgIpc) is 2.76. The summed E-state index contributed by atoms with van der Waals surface area (Å²) in [5.41, 5.74) is 1.79. The fourth-order valence-corrected chi connectivity index (χ4v) is 3.95. The molecule has 0 atom stereocenters. The van der Waals surface area contributed by atoms with Gasteiger partial charge < -0.3 is 10.4 Å². The van der Waals surface area contributed by atoms with Crippen LogP contribution in [-0.4, -0.2) is 29.1 Å². The van der Waals surface area contributed by atoms with Crippen LogP contribution in [0.3, 0.4) is 0 Å². The predicted molar refractivity (Wildman–Crippen MR) is 78.7 cm³/mol. The number of aryl methyl sites for hydroxylation is 1. The van der Waals surface area contributed by atoms with Gasteiger partial charge in [-0.15, -0.1) is 23.1 Å². The van der Waals surface area contributed by atoms with E-state index < -0.39 is 0 Å². The van der Waals surface area contributed by atoms with Crippen molar-refractivity contribution in [3.05, 3.63) is 16.0 Å². The molecular weight excluding hydrogens is 280 g/mol. The molecule has 4 nitrogen and oxygen atoms in total. The molecule has 1 aromatic rings. The Bertz CT molecular complexity index is 505. The fourth-order valence-electron chi connectivity index (χ4n) is 2.16. The van der Waals surface area contributed by atoms with E-state index in [0.717, 1.165) is 31.2 Å². The molecule has 1 aliphatic carbocycles. The van der Waals surface area contributed by atoms with Crippen molar-refractivity contribution in [1.29, 1.82) is 5.26 Å². The molecule has 0 aromatic carbocycles. The van der Waals surface area contributed by atoms with E-state index >= 15 is 0 Å². The lowest BCUT2D eigenvalue weighted by Crippen LogP contribution is -2.14. The number of carbonyl (C=O) groups is 1. The number of nitrogens with one attached hydrogen (secondary N) is 1. The van der Waals surface area contributed by atoms with Crippen LogP contribution in [0.5, 0.6) is 0 Å². The quantitative estimate of drug-likeness (QED) is 0.817. The third-order valence-electron chi connectivity index (χ3n) is 3.00. The molecule has 19 heavy (non-hydrogen) atoms. The molecule has 1 heterocycles. The van der Waals surface area contributed by atoms with E-state index in [1.165, 1.54) is 16.6 Å². The Morgan fingerprint density at radius 1 is 1.47 bits per heavy atom. The van der Waals surface area contributed by atoms with Gasteiger partial charge in [-0.1, -0.05) is 0 Å². The van der Waals surface area contributed by atoms with Gasteiger partial charge in [-0.3, -0.25) is 4.79 Å². The van der Waals surface area contributed by atoms with Gasteiger partial charge in [-0.2, -0.15) is 5.26 Å². The van der Waals surface area contributed by atoms with Gasteiger partial charge >= 0.3 is 0 Å². The van der Waals surface area contributed by atoms with Crippen LogP contribution < -0.4 is 5.32 Å². The normalized spacial score (nSPS) is 13.7. The third kappa shape index (κ3) is 3.50. The molecule has 1 aliphatic rings. The lowest BCUT2D eigenvalue weighted by molar-refractivity contribution is -0.113. The van der Waals surface area contributed by atoms with Crippen LogP contribution in [0.1, 0.15) is 28.8 Å². The zero-order chi connectivity index (χ0) is 13.7. The van der Waals surface area contributed by atoms with Gasteiger partial charge in [-0.25, -0.2) is 0 Å². The number of aliphatic hydroxyl groups excluding tert-OH is 1. The van der Waals surface area contributed by atoms with Crippen molar-refractivity contribution in [2.24, 2.45) is 0 Å². The monoisotopic (exact) mass is 296 g/mol. The van der Waals surface area contributed by atoms with Crippen LogP contribution in [0.25, 0.3) is 0 Å². The van der Waals surface area contributed by atoms with Crippen LogP contribution >= 0.6 is 23.1 Å². The van der Waals surface area contributed by atoms with Crippen LogP contribution in [0.4, 0.5) is 5.00 Å². The maximum atomic E-state index is 11.8. The molecule has 102 valence electrons. The second kappa shape index (κ2) is 6.94. The number of nitrogens with zero attached hydrogens (tertiary/aromatic N) is 1. The summed E-state index contributed by atoms with van der Waals surface area (Å²) >= 11 is 2.93. The average molecular weight is 296 g/mol. The van der Waals surface area contributed by atoms with Crippen molar-refractivity contribution < 1.29 is 9.90 Å². The highest BCUT2D eigenvalue weighted by Gasteiger charge is 2.21. The number of nitriles is 1. The highest BCUT2D eigenvalue weighted by molar-refractivity contribution is 7.99. The van der Waals surface area contributed by atoms with Gasteiger partial charge in [0, 0.05) is 10.6 Å². The van der Waals surface area contributed by atoms with Gasteiger partial charge in [0.25, 0.3) is 0 Å². The standard InChI is InChI=1S/C13H16N2O2S2/c14-7-10-9-3-1-2-4-11(9)19-13(10)15-12(17)8-18-6-5-16/h16H,1-6,8H2,(H,15,17). The molecule has 0 spiro atoms. The summed E-state index contributed by atoms with van der Waals surface area (Å²) in [6, 6.07) is 2.23. The summed E-state index contributed by atoms with van der Waals surface area (Å²) in [6.07, 6.45) is 4.25. The first-order chi connectivity index (χ1) is 9.26. The van der Waals surface area contributed by atoms with Crippen molar-refractivity contribution >= 4 is 34.0 Å². The number of aliphatic hydroxyl groups is 1. The minimum absolute atomic E-state index is 0.0781. The largest absolute Gasteiger partial charge is 0.396 e. The first-order valence-electron chi connectivity index (χ1n) is 6.29. The zero-order valence-corrected chi connectivity index (χ0v) is 12.2. The van der Waals surface area contributed by atoms with E-state index in [2.05, 4.69) is 11.4 Å². The van der Waals surface area contributed by atoms with E-state index in [-0.39, 0.29) is 12.5 Å². The Labute approximate surface area is 120 Å². The van der Waals surface area contributed by atoms with Gasteiger partial charge in [0.1, 0.15) is 11.1 Å². The number of fused-ring (bicyclic) bond motifs is 1. The van der Waals surface area contributed by atoms with Gasteiger partial charge in [0.2, 0.25) is 5.91 Å². The zero-order valence-electron chi connectivity index (χ0n) is 10.6. The number of thioether (sulfide) groups is 1. The van der Waals surface area contributed by atoms with Gasteiger partial charge in [0.15, 0.2) is 0 Å². The SMILES string of the molecule is N#Cc1c(NC(=O)CSCCO)sc2c1CCCC2. The van der Waals surface area contributed by atoms with Crippen LogP contribution in [0.15, 0.2) is 0 Å². The Morgan fingerprint density at radius 3 is 3.00 bits per heavy atom. The highest BCUT2D eigenvalue weighted by Crippen LogP contribution is 2.37. The van der Waals surface area contributed by atoms with E-state index in [4.69, 9.17) is 5.11 Å². The summed E-state index contributed by atoms with van der Waals surface area (Å²) < 4.78 is 0. The number of hydrogen-bond donors (Lipinski definition) is 2. The van der Waals surface area contributed by atoms with Crippen LogP contribution in [0.2, 0.25) is 0 Å². The number of anilines is 1. The second-order valence-electron chi connectivity index (χ2n) is 4.35. The number of amides is 1. The minimum atomic E-state index is -0.103. The summed E-state index contributed by atoms with van der Waals surface area (Å²) in [5, 5.41) is 21.5. The number of hydrogen-bond acceptors (Lipinski definition) is 5. The molecule has 1 aromatic heterocycles. The van der Waals surface area contributed by atoms with Crippen molar-refractivity contribution in [3.8, 4) is 6.07 Å². The van der Waals surface area contributed by atoms with E-state index in [1.54, 1.807) is 11.3 Å². The van der Waals surface area contributed by atoms with Crippen molar-refractivity contribution in [1.82, 2.24) is 0 Å². The minimum Gasteiger partial charge on any atom is -0.396 e. The first kappa shape index (κ1) is 14.4. The molecule has 2 rings (SSSR count). The number of rotatable bonds is 5. The van der Waals surface area contributed by atoms with Crippen LogP contribution in [0, 0.1) is 11.3 Å². The lowest BCUT2D eigenvalue weighted by atomic mass is 9.96. The summed E-state index contributed by atoms with van der Waals surface area (Å²) in [5.74, 6) is 0.765. The van der Waals surface area contributed by atoms with E-state index in [9.17, 15) is 10.1 Å². The molecule has 0 fully saturated rings. The first-order valence-corrected chi connectivity index (χ1v) is 8.26. The molecule has 0 aliphatic heterocycles. The summed E-state index contributed by atoms with van der Waals surface area (Å²) in [7, 11) is 0. The molecule has 0 radical (unpaired) electrons. The third-order valence-corrected chi connectivity index (χ3v) is 5.15. The van der Waals surface area contributed by atoms with E-state index in [0.29, 0.717) is 22.1 Å². The van der Waals surface area contributed by atoms with Crippen molar-refractivity contribution in [2.45, 2.75) is 25.7 Å². The highest BCUT2D eigenvalue weighted by atomic mass is 32.2. The molecule has 0 unspecified atom stereocenters. The molecular formula is C13H16N2O2S2. The maximum Gasteiger partial charge on any atom is 0.235 e. The predicted octanol–water partition coefficient (Wildman–Crippen LogP) is 2.16. The molecule has 6 heteroatoms. The number of carbonyl (C=O) groups excluding carboxylic acids is 1. The van der Waals surface area contributed by atoms with E-state index in [1.807, 2.05) is 0 Å². The Hall–Kier alpha value is -1.03. The van der Waals surface area contributed by atoms with Crippen LogP contribution in [-0.2, 0) is 17.6 Å². The molecule has 0 bridgehead atoms. The van der Waals surface area contributed by atoms with Gasteiger partial charge in [0.05, 0.1) is 17.9 Å². The lowest BCUT2D eigenvalue weighted by Gasteiger charge is -2.09. The summed E-state index contributed by atoms with van der Waals surface area (Å²) in [6.45, 7) is 0.0781. The smallest absolute Gasteiger partial charge is 0.235 e. The Morgan fingerprint density at radius 2 is 2.26 bits per heavy atom. The molecule has 2 N–H and O–H groups in total. The molecule has 1 amide bonds. The fraction of sp³-hybridized carbons (Fsp3) is 0.538. The Kier molecular flexibility index (Phi) is 5.25. The van der Waals surface area contributed by atoms with Gasteiger partial charge in [-0.05, 0) is 31.2 Å². The Balaban J connectivity index is 2.06. The second-order valence-corrected chi connectivity index (χ2v) is 6.56. The van der Waals surface area contributed by atoms with Crippen molar-refractivity contribution in [2.75, 3.05) is 23.4 Å². The summed E-state index contributed by atoms with van der Waals surface area (Å²) in [4.78, 5) is 13.0. The topological polar surface area (TPSA) is 73.1 Å². The molecule has 0 saturated carbocycles. The molecule has 0 saturated heterocycles. The maximum absolute atomic E-state index is 11.8. The number of thiophene rings is 1.